The Balaban J connectivity index is 1.79. The van der Waals surface area contributed by atoms with Gasteiger partial charge in [0.1, 0.15) is 0 Å². The van der Waals surface area contributed by atoms with Crippen molar-refractivity contribution < 1.29 is 4.42 Å². The van der Waals surface area contributed by atoms with Crippen molar-refractivity contribution in [2.75, 3.05) is 24.7 Å². The van der Waals surface area contributed by atoms with Crippen LogP contribution in [0.3, 0.4) is 0 Å². The SMILES string of the molecule is CN(C)c1ccc(-c2cn3nc(-c4ccco4)nc3c(N)n2)cc1. The van der Waals surface area contributed by atoms with Gasteiger partial charge in [-0.2, -0.15) is 0 Å². The lowest BCUT2D eigenvalue weighted by Gasteiger charge is -2.12. The summed E-state index contributed by atoms with van der Waals surface area (Å²) >= 11 is 0. The van der Waals surface area contributed by atoms with E-state index in [1.165, 1.54) is 0 Å². The summed E-state index contributed by atoms with van der Waals surface area (Å²) in [5.74, 6) is 1.40. The third-order valence-electron chi connectivity index (χ3n) is 3.77. The molecule has 0 fully saturated rings. The lowest BCUT2D eigenvalue weighted by molar-refractivity contribution is 0.577. The number of hydrogen-bond acceptors (Lipinski definition) is 6. The maximum atomic E-state index is 6.07. The average molecular weight is 320 g/mol. The van der Waals surface area contributed by atoms with Crippen LogP contribution in [-0.4, -0.2) is 33.7 Å². The molecular formula is C17H16N6O. The van der Waals surface area contributed by atoms with Crippen molar-refractivity contribution in [2.45, 2.75) is 0 Å². The first-order valence-electron chi connectivity index (χ1n) is 7.46. The molecule has 0 aliphatic heterocycles. The van der Waals surface area contributed by atoms with Crippen molar-refractivity contribution in [1.29, 1.82) is 0 Å². The average Bonchev–Trinajstić information content (AvgIpc) is 3.24. The lowest BCUT2D eigenvalue weighted by atomic mass is 10.1. The monoisotopic (exact) mass is 320 g/mol. The van der Waals surface area contributed by atoms with Crippen molar-refractivity contribution in [3.05, 3.63) is 48.9 Å². The Labute approximate surface area is 138 Å². The van der Waals surface area contributed by atoms with Gasteiger partial charge in [-0.3, -0.25) is 0 Å². The first kappa shape index (κ1) is 14.3. The third-order valence-corrected chi connectivity index (χ3v) is 3.77. The van der Waals surface area contributed by atoms with Gasteiger partial charge >= 0.3 is 0 Å². The number of nitrogens with zero attached hydrogens (tertiary/aromatic N) is 5. The van der Waals surface area contributed by atoms with Gasteiger partial charge in [-0.25, -0.2) is 14.5 Å². The van der Waals surface area contributed by atoms with Gasteiger partial charge in [-0.05, 0) is 24.3 Å². The van der Waals surface area contributed by atoms with E-state index in [1.807, 2.05) is 49.5 Å². The number of nitrogen functional groups attached to an aromatic ring is 1. The Morgan fingerprint density at radius 1 is 1.08 bits per heavy atom. The minimum atomic E-state index is 0.328. The Morgan fingerprint density at radius 3 is 2.54 bits per heavy atom. The molecule has 0 unspecified atom stereocenters. The van der Waals surface area contributed by atoms with Gasteiger partial charge in [-0.1, -0.05) is 12.1 Å². The summed E-state index contributed by atoms with van der Waals surface area (Å²) in [6.45, 7) is 0. The Bertz CT molecular complexity index is 986. The molecule has 0 saturated heterocycles. The molecular weight excluding hydrogens is 304 g/mol. The van der Waals surface area contributed by atoms with Crippen LogP contribution in [0.25, 0.3) is 28.5 Å². The summed E-state index contributed by atoms with van der Waals surface area (Å²) in [7, 11) is 4.01. The quantitative estimate of drug-likeness (QED) is 0.624. The van der Waals surface area contributed by atoms with Gasteiger partial charge in [0, 0.05) is 25.3 Å². The first-order chi connectivity index (χ1) is 11.6. The summed E-state index contributed by atoms with van der Waals surface area (Å²) in [5, 5.41) is 4.43. The van der Waals surface area contributed by atoms with Crippen LogP contribution < -0.4 is 10.6 Å². The zero-order valence-electron chi connectivity index (χ0n) is 13.3. The Morgan fingerprint density at radius 2 is 1.88 bits per heavy atom. The topological polar surface area (TPSA) is 85.5 Å². The zero-order chi connectivity index (χ0) is 16.7. The Kier molecular flexibility index (Phi) is 3.19. The molecule has 0 aliphatic rings. The number of nitrogens with two attached hydrogens (primary N) is 1. The molecule has 0 amide bonds. The highest BCUT2D eigenvalue weighted by Gasteiger charge is 2.13. The molecule has 24 heavy (non-hydrogen) atoms. The van der Waals surface area contributed by atoms with Crippen molar-refractivity contribution in [2.24, 2.45) is 0 Å². The highest BCUT2D eigenvalue weighted by Crippen LogP contribution is 2.24. The van der Waals surface area contributed by atoms with E-state index in [1.54, 1.807) is 22.9 Å². The normalized spacial score (nSPS) is 11.1. The fourth-order valence-corrected chi connectivity index (χ4v) is 2.49. The number of hydrogen-bond donors (Lipinski definition) is 1. The molecule has 4 rings (SSSR count). The van der Waals surface area contributed by atoms with Crippen molar-refractivity contribution in [3.63, 3.8) is 0 Å². The van der Waals surface area contributed by atoms with Gasteiger partial charge < -0.3 is 15.1 Å². The maximum Gasteiger partial charge on any atom is 0.218 e. The fraction of sp³-hybridized carbons (Fsp3) is 0.118. The van der Waals surface area contributed by atoms with Gasteiger partial charge in [0.15, 0.2) is 17.2 Å². The molecule has 0 bridgehead atoms. The fourth-order valence-electron chi connectivity index (χ4n) is 2.49. The smallest absolute Gasteiger partial charge is 0.218 e. The minimum Gasteiger partial charge on any atom is -0.461 e. The number of rotatable bonds is 3. The summed E-state index contributed by atoms with van der Waals surface area (Å²) in [5.41, 5.74) is 9.39. The molecule has 0 radical (unpaired) electrons. The minimum absolute atomic E-state index is 0.328. The van der Waals surface area contributed by atoms with Gasteiger partial charge in [0.25, 0.3) is 0 Å². The second kappa shape index (κ2) is 5.38. The molecule has 7 nitrogen and oxygen atoms in total. The van der Waals surface area contributed by atoms with Gasteiger partial charge in [0.2, 0.25) is 5.82 Å². The van der Waals surface area contributed by atoms with Crippen molar-refractivity contribution in [1.82, 2.24) is 19.6 Å². The highest BCUT2D eigenvalue weighted by atomic mass is 16.3. The highest BCUT2D eigenvalue weighted by molar-refractivity contribution is 5.69. The molecule has 3 aromatic heterocycles. The number of aromatic nitrogens is 4. The number of fused-ring (bicyclic) bond motifs is 1. The molecule has 7 heteroatoms. The zero-order valence-corrected chi connectivity index (χ0v) is 13.3. The molecule has 0 saturated carbocycles. The second-order valence-electron chi connectivity index (χ2n) is 5.63. The summed E-state index contributed by atoms with van der Waals surface area (Å²) in [6.07, 6.45) is 3.40. The molecule has 1 aromatic carbocycles. The van der Waals surface area contributed by atoms with Crippen LogP contribution in [0.1, 0.15) is 0 Å². The van der Waals surface area contributed by atoms with Crippen LogP contribution in [0.4, 0.5) is 11.5 Å². The van der Waals surface area contributed by atoms with E-state index in [9.17, 15) is 0 Å². The molecule has 0 spiro atoms. The molecule has 4 aromatic rings. The maximum absolute atomic E-state index is 6.07. The van der Waals surface area contributed by atoms with E-state index in [4.69, 9.17) is 10.2 Å². The van der Waals surface area contributed by atoms with Crippen molar-refractivity contribution in [3.8, 4) is 22.8 Å². The van der Waals surface area contributed by atoms with E-state index in [0.717, 1.165) is 16.9 Å². The summed E-state index contributed by atoms with van der Waals surface area (Å²) in [4.78, 5) is 10.9. The van der Waals surface area contributed by atoms with Crippen LogP contribution >= 0.6 is 0 Å². The van der Waals surface area contributed by atoms with E-state index >= 15 is 0 Å². The van der Waals surface area contributed by atoms with E-state index in [2.05, 4.69) is 15.1 Å². The molecule has 0 atom stereocenters. The molecule has 2 N–H and O–H groups in total. The third kappa shape index (κ3) is 2.36. The largest absolute Gasteiger partial charge is 0.461 e. The first-order valence-corrected chi connectivity index (χ1v) is 7.46. The van der Waals surface area contributed by atoms with Gasteiger partial charge in [-0.15, -0.1) is 5.10 Å². The van der Waals surface area contributed by atoms with Crippen LogP contribution in [0.5, 0.6) is 0 Å². The van der Waals surface area contributed by atoms with Crippen LogP contribution in [0.15, 0.2) is 53.3 Å². The van der Waals surface area contributed by atoms with Crippen LogP contribution in [-0.2, 0) is 0 Å². The lowest BCUT2D eigenvalue weighted by Crippen LogP contribution is -2.08. The molecule has 120 valence electrons. The van der Waals surface area contributed by atoms with Crippen molar-refractivity contribution >= 4 is 17.2 Å². The van der Waals surface area contributed by atoms with E-state index < -0.39 is 0 Å². The number of furan rings is 1. The summed E-state index contributed by atoms with van der Waals surface area (Å²) < 4.78 is 6.97. The number of benzene rings is 1. The van der Waals surface area contributed by atoms with Crippen LogP contribution in [0, 0.1) is 0 Å². The van der Waals surface area contributed by atoms with Gasteiger partial charge in [0.05, 0.1) is 18.2 Å². The van der Waals surface area contributed by atoms with Crippen LogP contribution in [0.2, 0.25) is 0 Å². The second-order valence-corrected chi connectivity index (χ2v) is 5.63. The predicted octanol–water partition coefficient (Wildman–Crippen LogP) is 2.70. The standard InChI is InChI=1S/C17H16N6O/c1-22(2)12-7-5-11(6-8-12)13-10-23-17(15(18)19-13)20-16(21-23)14-4-3-9-24-14/h3-10H,1-2H3,(H2,18,19). The molecule has 0 aliphatic carbocycles. The van der Waals surface area contributed by atoms with E-state index in [0.29, 0.717) is 23.0 Å². The number of anilines is 2. The molecule has 3 heterocycles. The summed E-state index contributed by atoms with van der Waals surface area (Å²) in [6, 6.07) is 11.7. The Hall–Kier alpha value is -3.35. The predicted molar refractivity (Wildman–Crippen MR) is 92.7 cm³/mol. The van der Waals surface area contributed by atoms with E-state index in [-0.39, 0.29) is 0 Å².